The molecule has 0 aromatic rings. The maximum Gasteiger partial charge on any atom is 0.407 e. The second-order valence-corrected chi connectivity index (χ2v) is 11.7. The molecule has 0 bridgehead atoms. The zero-order chi connectivity index (χ0) is 27.8. The van der Waals surface area contributed by atoms with Crippen LogP contribution in [0.5, 0.6) is 0 Å². The highest BCUT2D eigenvalue weighted by molar-refractivity contribution is 5.76. The maximum absolute atomic E-state index is 12.1. The van der Waals surface area contributed by atoms with Gasteiger partial charge in [0.2, 0.25) is 11.8 Å². The van der Waals surface area contributed by atoms with E-state index in [1.165, 1.54) is 0 Å². The third-order valence-electron chi connectivity index (χ3n) is 4.99. The van der Waals surface area contributed by atoms with Gasteiger partial charge in [0.1, 0.15) is 5.60 Å². The van der Waals surface area contributed by atoms with Crippen molar-refractivity contribution in [3.05, 3.63) is 0 Å². The van der Waals surface area contributed by atoms with E-state index < -0.39 is 11.7 Å². The lowest BCUT2D eigenvalue weighted by Gasteiger charge is -2.34. The van der Waals surface area contributed by atoms with Crippen LogP contribution in [0.15, 0.2) is 0 Å². The Bertz CT molecular complexity index is 640. The van der Waals surface area contributed by atoms with Crippen molar-refractivity contribution in [1.29, 1.82) is 0 Å². The SMILES string of the molecule is CC(C)(CNC(=O)OC(C)(C)C)COCC(C)(C)CN(CCC(=O)NCCN)CCC(=O)NCCN. The summed E-state index contributed by atoms with van der Waals surface area (Å²) >= 11 is 0. The number of amides is 3. The zero-order valence-electron chi connectivity index (χ0n) is 23.6. The van der Waals surface area contributed by atoms with Crippen LogP contribution < -0.4 is 27.4 Å². The van der Waals surface area contributed by atoms with E-state index in [4.69, 9.17) is 20.9 Å². The first kappa shape index (κ1) is 34.0. The topological polar surface area (TPSA) is 161 Å². The lowest BCUT2D eigenvalue weighted by Crippen LogP contribution is -2.43. The average Bonchev–Trinajstić information content (AvgIpc) is 2.75. The summed E-state index contributed by atoms with van der Waals surface area (Å²) in [4.78, 5) is 38.2. The van der Waals surface area contributed by atoms with Gasteiger partial charge >= 0.3 is 6.09 Å². The fourth-order valence-electron chi connectivity index (χ4n) is 3.32. The van der Waals surface area contributed by atoms with Gasteiger partial charge in [-0.3, -0.25) is 9.59 Å². The highest BCUT2D eigenvalue weighted by Gasteiger charge is 2.26. The molecule has 212 valence electrons. The molecule has 0 aliphatic rings. The van der Waals surface area contributed by atoms with Crippen molar-refractivity contribution < 1.29 is 23.9 Å². The number of nitrogens with two attached hydrogens (primary N) is 2. The average molecular weight is 517 g/mol. The number of nitrogens with one attached hydrogen (secondary N) is 3. The van der Waals surface area contributed by atoms with Gasteiger partial charge in [-0.05, 0) is 20.8 Å². The Morgan fingerprint density at radius 3 is 1.67 bits per heavy atom. The van der Waals surface area contributed by atoms with E-state index >= 15 is 0 Å². The first-order valence-corrected chi connectivity index (χ1v) is 12.8. The summed E-state index contributed by atoms with van der Waals surface area (Å²) in [5.41, 5.74) is 9.85. The van der Waals surface area contributed by atoms with Crippen molar-refractivity contribution in [3.63, 3.8) is 0 Å². The van der Waals surface area contributed by atoms with Crippen molar-refractivity contribution >= 4 is 17.9 Å². The molecular formula is C25H52N6O5. The van der Waals surface area contributed by atoms with Crippen LogP contribution in [0.3, 0.4) is 0 Å². The Balaban J connectivity index is 4.78. The highest BCUT2D eigenvalue weighted by Crippen LogP contribution is 2.21. The molecule has 3 amide bonds. The summed E-state index contributed by atoms with van der Waals surface area (Å²) < 4.78 is 11.3. The Hall–Kier alpha value is -1.95. The fourth-order valence-corrected chi connectivity index (χ4v) is 3.32. The molecule has 7 N–H and O–H groups in total. The van der Waals surface area contributed by atoms with Gasteiger partial charge in [0.25, 0.3) is 0 Å². The van der Waals surface area contributed by atoms with Crippen LogP contribution in [0.2, 0.25) is 0 Å². The van der Waals surface area contributed by atoms with E-state index in [2.05, 4.69) is 34.7 Å². The second kappa shape index (κ2) is 16.7. The molecule has 0 atom stereocenters. The molecule has 0 fully saturated rings. The highest BCUT2D eigenvalue weighted by atomic mass is 16.6. The van der Waals surface area contributed by atoms with Crippen LogP contribution >= 0.6 is 0 Å². The van der Waals surface area contributed by atoms with Gasteiger partial charge in [-0.15, -0.1) is 0 Å². The molecule has 0 heterocycles. The second-order valence-electron chi connectivity index (χ2n) is 11.7. The van der Waals surface area contributed by atoms with Crippen molar-refractivity contribution in [1.82, 2.24) is 20.9 Å². The normalized spacial score (nSPS) is 12.4. The summed E-state index contributed by atoms with van der Waals surface area (Å²) in [7, 11) is 0. The number of carbonyl (C=O) groups is 3. The number of carbonyl (C=O) groups excluding carboxylic acids is 3. The predicted octanol–water partition coefficient (Wildman–Crippen LogP) is 0.812. The van der Waals surface area contributed by atoms with Crippen LogP contribution in [-0.2, 0) is 19.1 Å². The molecule has 0 spiro atoms. The summed E-state index contributed by atoms with van der Waals surface area (Å²) in [5.74, 6) is -0.127. The van der Waals surface area contributed by atoms with E-state index in [-0.39, 0.29) is 22.6 Å². The molecule has 0 aromatic carbocycles. The van der Waals surface area contributed by atoms with Gasteiger partial charge in [-0.1, -0.05) is 27.7 Å². The predicted molar refractivity (Wildman–Crippen MR) is 142 cm³/mol. The van der Waals surface area contributed by atoms with Gasteiger partial charge in [0.15, 0.2) is 0 Å². The van der Waals surface area contributed by atoms with Crippen molar-refractivity contribution in [3.8, 4) is 0 Å². The van der Waals surface area contributed by atoms with Crippen LogP contribution in [-0.4, -0.2) is 94.0 Å². The first-order valence-electron chi connectivity index (χ1n) is 12.8. The molecule has 0 saturated heterocycles. The van der Waals surface area contributed by atoms with E-state index in [0.29, 0.717) is 78.4 Å². The molecule has 0 rings (SSSR count). The van der Waals surface area contributed by atoms with Crippen LogP contribution in [0.4, 0.5) is 4.79 Å². The summed E-state index contributed by atoms with van der Waals surface area (Å²) in [6.07, 6.45) is 0.202. The van der Waals surface area contributed by atoms with Gasteiger partial charge in [-0.2, -0.15) is 0 Å². The van der Waals surface area contributed by atoms with Gasteiger partial charge in [0, 0.05) is 76.0 Å². The van der Waals surface area contributed by atoms with E-state index in [1.54, 1.807) is 0 Å². The quantitative estimate of drug-likeness (QED) is 0.179. The first-order chi connectivity index (χ1) is 16.6. The summed E-state index contributed by atoms with van der Waals surface area (Å²) in [6.45, 7) is 18.4. The van der Waals surface area contributed by atoms with Crippen LogP contribution in [0.1, 0.15) is 61.3 Å². The number of rotatable bonds is 18. The van der Waals surface area contributed by atoms with Gasteiger partial charge in [0.05, 0.1) is 13.2 Å². The van der Waals surface area contributed by atoms with Gasteiger partial charge in [-0.25, -0.2) is 4.79 Å². The molecule has 0 unspecified atom stereocenters. The zero-order valence-corrected chi connectivity index (χ0v) is 23.6. The number of alkyl carbamates (subject to hydrolysis) is 1. The molecule has 0 aromatic heterocycles. The standard InChI is InChI=1S/C25H52N6O5/c1-23(2,3)36-22(34)30-16-24(4,5)18-35-19-25(6,7)17-31(14-8-20(32)28-12-10-26)15-9-21(33)29-13-11-27/h8-19,26-27H2,1-7H3,(H,28,32)(H,29,33)(H,30,34). The Kier molecular flexibility index (Phi) is 15.8. The molecule has 11 heteroatoms. The number of ether oxygens (including phenoxy) is 2. The van der Waals surface area contributed by atoms with Crippen molar-refractivity contribution in [2.24, 2.45) is 22.3 Å². The summed E-state index contributed by atoms with van der Waals surface area (Å²) in [5, 5.41) is 8.36. The molecular weight excluding hydrogens is 464 g/mol. The monoisotopic (exact) mass is 516 g/mol. The maximum atomic E-state index is 12.1. The largest absolute Gasteiger partial charge is 0.444 e. The van der Waals surface area contributed by atoms with E-state index in [9.17, 15) is 14.4 Å². The lowest BCUT2D eigenvalue weighted by atomic mass is 9.92. The minimum Gasteiger partial charge on any atom is -0.444 e. The van der Waals surface area contributed by atoms with Crippen molar-refractivity contribution in [2.45, 2.75) is 66.9 Å². The van der Waals surface area contributed by atoms with E-state index in [1.807, 2.05) is 34.6 Å². The third-order valence-corrected chi connectivity index (χ3v) is 4.99. The fraction of sp³-hybridized carbons (Fsp3) is 0.880. The smallest absolute Gasteiger partial charge is 0.407 e. The number of nitrogens with zero attached hydrogens (tertiary/aromatic N) is 1. The molecule has 0 aliphatic heterocycles. The Labute approximate surface area is 217 Å². The third kappa shape index (κ3) is 19.3. The van der Waals surface area contributed by atoms with Crippen molar-refractivity contribution in [2.75, 3.05) is 65.6 Å². The molecule has 0 saturated carbocycles. The van der Waals surface area contributed by atoms with Gasteiger partial charge < -0.3 is 41.8 Å². The Morgan fingerprint density at radius 2 is 1.22 bits per heavy atom. The number of hydrogen-bond acceptors (Lipinski definition) is 8. The molecule has 0 radical (unpaired) electrons. The van der Waals surface area contributed by atoms with Crippen LogP contribution in [0, 0.1) is 10.8 Å². The van der Waals surface area contributed by atoms with E-state index in [0.717, 1.165) is 0 Å². The number of hydrogen-bond donors (Lipinski definition) is 5. The minimum atomic E-state index is -0.545. The summed E-state index contributed by atoms with van der Waals surface area (Å²) in [6, 6.07) is 0. The molecule has 0 aliphatic carbocycles. The Morgan fingerprint density at radius 1 is 0.750 bits per heavy atom. The molecule has 36 heavy (non-hydrogen) atoms. The van der Waals surface area contributed by atoms with Crippen LogP contribution in [0.25, 0.3) is 0 Å². The minimum absolute atomic E-state index is 0.0636. The lowest BCUT2D eigenvalue weighted by molar-refractivity contribution is -0.121. The molecule has 11 nitrogen and oxygen atoms in total.